The van der Waals surface area contributed by atoms with E-state index in [4.69, 9.17) is 0 Å². The van der Waals surface area contributed by atoms with Crippen molar-refractivity contribution >= 4 is 11.6 Å². The van der Waals surface area contributed by atoms with Crippen molar-refractivity contribution < 1.29 is 22.8 Å². The van der Waals surface area contributed by atoms with E-state index < -0.39 is 23.2 Å². The van der Waals surface area contributed by atoms with Crippen molar-refractivity contribution in [1.29, 1.82) is 0 Å². The van der Waals surface area contributed by atoms with Crippen LogP contribution in [0.15, 0.2) is 0 Å². The Morgan fingerprint density at radius 1 is 1.08 bits per heavy atom. The van der Waals surface area contributed by atoms with Gasteiger partial charge in [-0.1, -0.05) is 20.8 Å². The highest BCUT2D eigenvalue weighted by molar-refractivity contribution is 6.41. The predicted molar refractivity (Wildman–Crippen MR) is 40.1 cm³/mol. The lowest BCUT2D eigenvalue weighted by molar-refractivity contribution is -0.177. The lowest BCUT2D eigenvalue weighted by Gasteiger charge is -2.19. The number of hydrogen-bond acceptors (Lipinski definition) is 2. The lowest BCUT2D eigenvalue weighted by Crippen LogP contribution is -2.39. The Balaban J connectivity index is 4.74. The first-order chi connectivity index (χ1) is 5.63. The molecule has 2 nitrogen and oxygen atoms in total. The molecule has 0 rings (SSSR count). The third kappa shape index (κ3) is 2.82. The van der Waals surface area contributed by atoms with Gasteiger partial charge in [0.2, 0.25) is 5.78 Å². The Bertz CT molecular complexity index is 228. The van der Waals surface area contributed by atoms with Gasteiger partial charge < -0.3 is 0 Å². The molecule has 0 spiro atoms. The van der Waals surface area contributed by atoms with E-state index in [-0.39, 0.29) is 6.42 Å². The molecule has 0 aliphatic heterocycles. The highest BCUT2D eigenvalue weighted by Gasteiger charge is 2.47. The Labute approximate surface area is 74.1 Å². The van der Waals surface area contributed by atoms with Gasteiger partial charge in [-0.05, 0) is 6.42 Å². The first kappa shape index (κ1) is 12.1. The second-order valence-electron chi connectivity index (χ2n) is 3.39. The van der Waals surface area contributed by atoms with Crippen LogP contribution in [0, 0.1) is 5.41 Å². The van der Waals surface area contributed by atoms with E-state index in [1.807, 2.05) is 0 Å². The maximum absolute atomic E-state index is 11.8. The zero-order chi connectivity index (χ0) is 10.9. The topological polar surface area (TPSA) is 34.1 Å². The molecule has 13 heavy (non-hydrogen) atoms. The van der Waals surface area contributed by atoms with Crippen molar-refractivity contribution in [2.75, 3.05) is 0 Å². The molecule has 0 saturated carbocycles. The van der Waals surface area contributed by atoms with Gasteiger partial charge in [-0.15, -0.1) is 0 Å². The van der Waals surface area contributed by atoms with Crippen molar-refractivity contribution in [3.63, 3.8) is 0 Å². The first-order valence-corrected chi connectivity index (χ1v) is 3.79. The minimum atomic E-state index is -5.05. The van der Waals surface area contributed by atoms with Crippen LogP contribution in [-0.2, 0) is 9.59 Å². The van der Waals surface area contributed by atoms with E-state index >= 15 is 0 Å². The van der Waals surface area contributed by atoms with E-state index in [0.29, 0.717) is 0 Å². The molecule has 0 aliphatic carbocycles. The van der Waals surface area contributed by atoms with Gasteiger partial charge in [0, 0.05) is 5.41 Å². The molecule has 0 aliphatic rings. The van der Waals surface area contributed by atoms with Crippen molar-refractivity contribution in [3.05, 3.63) is 0 Å². The maximum Gasteiger partial charge on any atom is 0.458 e. The summed E-state index contributed by atoms with van der Waals surface area (Å²) in [7, 11) is 0. The summed E-state index contributed by atoms with van der Waals surface area (Å²) in [6.07, 6.45) is -4.85. The van der Waals surface area contributed by atoms with Crippen molar-refractivity contribution in [3.8, 4) is 0 Å². The number of rotatable bonds is 3. The smallest absolute Gasteiger partial charge is 0.290 e. The minimum absolute atomic E-state index is 0.202. The molecule has 0 N–H and O–H groups in total. The third-order valence-electron chi connectivity index (χ3n) is 1.96. The van der Waals surface area contributed by atoms with Crippen LogP contribution in [0.4, 0.5) is 13.2 Å². The van der Waals surface area contributed by atoms with E-state index in [0.717, 1.165) is 0 Å². The van der Waals surface area contributed by atoms with E-state index in [9.17, 15) is 22.8 Å². The zero-order valence-electron chi connectivity index (χ0n) is 7.66. The second kappa shape index (κ2) is 3.47. The molecule has 0 aromatic carbocycles. The fourth-order valence-electron chi connectivity index (χ4n) is 0.597. The number of ketones is 2. The Kier molecular flexibility index (Phi) is 3.24. The summed E-state index contributed by atoms with van der Waals surface area (Å²) in [5, 5.41) is 0. The van der Waals surface area contributed by atoms with Gasteiger partial charge in [0.25, 0.3) is 0 Å². The Hall–Kier alpha value is -0.870. The molecule has 0 atom stereocenters. The molecule has 5 heteroatoms. The average molecular weight is 196 g/mol. The standard InChI is InChI=1S/C8H11F3O2/c1-4-7(2,3)5(12)6(13)8(9,10)11/h4H2,1-3H3. The molecule has 0 amide bonds. The zero-order valence-corrected chi connectivity index (χ0v) is 7.66. The van der Waals surface area contributed by atoms with Crippen LogP contribution >= 0.6 is 0 Å². The molecule has 0 aromatic rings. The molecule has 0 unspecified atom stereocenters. The van der Waals surface area contributed by atoms with Crippen LogP contribution in [-0.4, -0.2) is 17.7 Å². The third-order valence-corrected chi connectivity index (χ3v) is 1.96. The number of halogens is 3. The predicted octanol–water partition coefficient (Wildman–Crippen LogP) is 2.12. The fourth-order valence-corrected chi connectivity index (χ4v) is 0.597. The Morgan fingerprint density at radius 2 is 1.46 bits per heavy atom. The van der Waals surface area contributed by atoms with Gasteiger partial charge in [-0.2, -0.15) is 13.2 Å². The highest BCUT2D eigenvalue weighted by atomic mass is 19.4. The molecule has 0 radical (unpaired) electrons. The SMILES string of the molecule is CCC(C)(C)C(=O)C(=O)C(F)(F)F. The van der Waals surface area contributed by atoms with Gasteiger partial charge in [0.15, 0.2) is 0 Å². The second-order valence-corrected chi connectivity index (χ2v) is 3.39. The number of alkyl halides is 3. The van der Waals surface area contributed by atoms with Crippen LogP contribution < -0.4 is 0 Å². The average Bonchev–Trinajstić information content (AvgIpc) is 2.00. The summed E-state index contributed by atoms with van der Waals surface area (Å²) in [4.78, 5) is 21.5. The maximum atomic E-state index is 11.8. The normalized spacial score (nSPS) is 12.8. The highest BCUT2D eigenvalue weighted by Crippen LogP contribution is 2.26. The summed E-state index contributed by atoms with van der Waals surface area (Å²) < 4.78 is 35.4. The molecule has 0 saturated heterocycles. The van der Waals surface area contributed by atoms with Crippen molar-refractivity contribution in [2.45, 2.75) is 33.4 Å². The van der Waals surface area contributed by atoms with E-state index in [1.54, 1.807) is 6.92 Å². The van der Waals surface area contributed by atoms with Gasteiger partial charge >= 0.3 is 12.0 Å². The molecule has 0 heterocycles. The van der Waals surface area contributed by atoms with Crippen LogP contribution in [0.25, 0.3) is 0 Å². The monoisotopic (exact) mass is 196 g/mol. The number of carbonyl (C=O) groups excluding carboxylic acids is 2. The lowest BCUT2D eigenvalue weighted by atomic mass is 9.83. The number of hydrogen-bond donors (Lipinski definition) is 0. The van der Waals surface area contributed by atoms with Crippen LogP contribution in [0.1, 0.15) is 27.2 Å². The summed E-state index contributed by atoms with van der Waals surface area (Å²) in [6.45, 7) is 4.19. The minimum Gasteiger partial charge on any atom is -0.290 e. The molecular weight excluding hydrogens is 185 g/mol. The van der Waals surface area contributed by atoms with Crippen molar-refractivity contribution in [2.24, 2.45) is 5.41 Å². The van der Waals surface area contributed by atoms with Crippen molar-refractivity contribution in [1.82, 2.24) is 0 Å². The van der Waals surface area contributed by atoms with Gasteiger partial charge in [-0.3, -0.25) is 9.59 Å². The molecule has 76 valence electrons. The largest absolute Gasteiger partial charge is 0.458 e. The van der Waals surface area contributed by atoms with E-state index in [2.05, 4.69) is 0 Å². The first-order valence-electron chi connectivity index (χ1n) is 3.79. The van der Waals surface area contributed by atoms with Gasteiger partial charge in [0.1, 0.15) is 0 Å². The molecule has 0 aromatic heterocycles. The van der Waals surface area contributed by atoms with Crippen LogP contribution in [0.3, 0.4) is 0 Å². The summed E-state index contributed by atoms with van der Waals surface area (Å²) in [5.74, 6) is -3.64. The van der Waals surface area contributed by atoms with Gasteiger partial charge in [0.05, 0.1) is 0 Å². The quantitative estimate of drug-likeness (QED) is 0.648. The summed E-state index contributed by atoms with van der Waals surface area (Å²) in [5.41, 5.74) is -1.23. The molecule has 0 fully saturated rings. The summed E-state index contributed by atoms with van der Waals surface area (Å²) in [6, 6.07) is 0. The number of carbonyl (C=O) groups is 2. The van der Waals surface area contributed by atoms with E-state index in [1.165, 1.54) is 13.8 Å². The molecular formula is C8H11F3O2. The summed E-state index contributed by atoms with van der Waals surface area (Å²) >= 11 is 0. The van der Waals surface area contributed by atoms with Gasteiger partial charge in [-0.25, -0.2) is 0 Å². The Morgan fingerprint density at radius 3 is 1.69 bits per heavy atom. The fraction of sp³-hybridized carbons (Fsp3) is 0.750. The number of Topliss-reactive ketones (excluding diaryl/α,β-unsaturated/α-hetero) is 2. The molecule has 0 bridgehead atoms. The van der Waals surface area contributed by atoms with Crippen LogP contribution in [0.2, 0.25) is 0 Å². The van der Waals surface area contributed by atoms with Crippen LogP contribution in [0.5, 0.6) is 0 Å².